The molecule has 0 radical (unpaired) electrons. The van der Waals surface area contributed by atoms with Gasteiger partial charge < -0.3 is 41.1 Å². The molecular formula is C48H99N5O7. The highest BCUT2D eigenvalue weighted by molar-refractivity contribution is 5.76. The normalized spacial score (nSPS) is 13.9. The maximum Gasteiger partial charge on any atom is 0.221 e. The Labute approximate surface area is 369 Å². The van der Waals surface area contributed by atoms with Gasteiger partial charge in [0, 0.05) is 91.4 Å². The van der Waals surface area contributed by atoms with Gasteiger partial charge >= 0.3 is 0 Å². The van der Waals surface area contributed by atoms with E-state index in [4.69, 9.17) is 0 Å². The molecule has 0 heterocycles. The first-order chi connectivity index (χ1) is 29.0. The van der Waals surface area contributed by atoms with Gasteiger partial charge in [-0.25, -0.2) is 0 Å². The topological polar surface area (TPSA) is 169 Å². The van der Waals surface area contributed by atoms with Crippen LogP contribution in [0, 0.1) is 0 Å². The van der Waals surface area contributed by atoms with Gasteiger partial charge in [-0.1, -0.05) is 136 Å². The zero-order valence-corrected chi connectivity index (χ0v) is 39.6. The number of amides is 2. The Morgan fingerprint density at radius 1 is 0.433 bits per heavy atom. The zero-order valence-electron chi connectivity index (χ0n) is 39.6. The summed E-state index contributed by atoms with van der Waals surface area (Å²) < 4.78 is 0. The number of rotatable bonds is 46. The third kappa shape index (κ3) is 39.5. The van der Waals surface area contributed by atoms with E-state index >= 15 is 0 Å². The Balaban J connectivity index is 4.70. The van der Waals surface area contributed by atoms with Gasteiger partial charge in [0.1, 0.15) is 0 Å². The van der Waals surface area contributed by atoms with E-state index < -0.39 is 24.4 Å². The minimum absolute atomic E-state index is 0.0450. The maximum atomic E-state index is 12.9. The SMILES string of the molecule is CCCCCCCCC(O)CN(CCCNC(=O)CCN(CCCO)CCC(=O)NCCCN(CC(O)CCCCCCCC)CC(O)CCCCCCCC)CC(C)O. The first-order valence-electron chi connectivity index (χ1n) is 25.1. The molecular weight excluding hydrogens is 759 g/mol. The molecule has 358 valence electrons. The minimum atomic E-state index is -0.494. The molecule has 0 aromatic carbocycles. The summed E-state index contributed by atoms with van der Waals surface area (Å²) in [6.45, 7) is 14.5. The molecule has 4 unspecified atom stereocenters. The molecule has 0 bridgehead atoms. The average Bonchev–Trinajstić information content (AvgIpc) is 3.21. The van der Waals surface area contributed by atoms with E-state index in [1.54, 1.807) is 6.92 Å². The van der Waals surface area contributed by atoms with E-state index in [1.165, 1.54) is 77.0 Å². The van der Waals surface area contributed by atoms with E-state index in [2.05, 4.69) is 46.1 Å². The second kappa shape index (κ2) is 42.9. The second-order valence-corrected chi connectivity index (χ2v) is 17.8. The third-order valence-corrected chi connectivity index (χ3v) is 11.5. The lowest BCUT2D eigenvalue weighted by atomic mass is 10.1. The number of carbonyl (C=O) groups is 2. The van der Waals surface area contributed by atoms with Crippen LogP contribution < -0.4 is 10.6 Å². The molecule has 0 aliphatic heterocycles. The van der Waals surface area contributed by atoms with Crippen LogP contribution in [0.5, 0.6) is 0 Å². The largest absolute Gasteiger partial charge is 0.396 e. The van der Waals surface area contributed by atoms with Crippen LogP contribution in [0.4, 0.5) is 0 Å². The van der Waals surface area contributed by atoms with Gasteiger partial charge in [0.15, 0.2) is 0 Å². The fraction of sp³-hybridized carbons (Fsp3) is 0.958. The molecule has 12 heteroatoms. The summed E-state index contributed by atoms with van der Waals surface area (Å²) in [6.07, 6.45) is 24.5. The average molecular weight is 858 g/mol. The summed E-state index contributed by atoms with van der Waals surface area (Å²) in [7, 11) is 0. The molecule has 12 nitrogen and oxygen atoms in total. The molecule has 0 aromatic rings. The van der Waals surface area contributed by atoms with E-state index in [0.29, 0.717) is 97.7 Å². The Morgan fingerprint density at radius 3 is 1.12 bits per heavy atom. The van der Waals surface area contributed by atoms with Gasteiger partial charge in [0.05, 0.1) is 24.4 Å². The summed E-state index contributed by atoms with van der Waals surface area (Å²) in [4.78, 5) is 31.9. The Bertz CT molecular complexity index is 925. The lowest BCUT2D eigenvalue weighted by Crippen LogP contribution is -2.40. The molecule has 0 aromatic heterocycles. The van der Waals surface area contributed by atoms with Crippen LogP contribution in [-0.4, -0.2) is 155 Å². The van der Waals surface area contributed by atoms with Crippen LogP contribution >= 0.6 is 0 Å². The van der Waals surface area contributed by atoms with Crippen LogP contribution in [0.1, 0.15) is 195 Å². The number of hydrogen-bond donors (Lipinski definition) is 7. The van der Waals surface area contributed by atoms with Crippen LogP contribution in [0.2, 0.25) is 0 Å². The van der Waals surface area contributed by atoms with Crippen LogP contribution in [-0.2, 0) is 9.59 Å². The van der Waals surface area contributed by atoms with E-state index in [9.17, 15) is 35.1 Å². The molecule has 0 rings (SSSR count). The number of aliphatic hydroxyl groups is 5. The molecule has 7 N–H and O–H groups in total. The highest BCUT2D eigenvalue weighted by atomic mass is 16.3. The van der Waals surface area contributed by atoms with Crippen molar-refractivity contribution in [2.45, 2.75) is 219 Å². The molecule has 0 saturated heterocycles. The predicted octanol–water partition coefficient (Wildman–Crippen LogP) is 6.78. The first-order valence-corrected chi connectivity index (χ1v) is 25.1. The lowest BCUT2D eigenvalue weighted by Gasteiger charge is -2.27. The van der Waals surface area contributed by atoms with Gasteiger partial charge in [-0.15, -0.1) is 0 Å². The number of aliphatic hydroxyl groups excluding tert-OH is 5. The minimum Gasteiger partial charge on any atom is -0.396 e. The Morgan fingerprint density at radius 2 is 0.767 bits per heavy atom. The smallest absolute Gasteiger partial charge is 0.221 e. The molecule has 2 amide bonds. The second-order valence-electron chi connectivity index (χ2n) is 17.8. The van der Waals surface area contributed by atoms with Gasteiger partial charge in [0.25, 0.3) is 0 Å². The van der Waals surface area contributed by atoms with Crippen molar-refractivity contribution < 1.29 is 35.1 Å². The number of hydrogen-bond acceptors (Lipinski definition) is 10. The lowest BCUT2D eigenvalue weighted by molar-refractivity contribution is -0.121. The highest BCUT2D eigenvalue weighted by Gasteiger charge is 2.17. The number of nitrogens with zero attached hydrogens (tertiary/aromatic N) is 3. The summed E-state index contributed by atoms with van der Waals surface area (Å²) in [5, 5.41) is 57.8. The summed E-state index contributed by atoms with van der Waals surface area (Å²) in [5.74, 6) is -0.109. The Kier molecular flexibility index (Phi) is 41.9. The molecule has 0 saturated carbocycles. The van der Waals surface area contributed by atoms with Crippen molar-refractivity contribution in [2.24, 2.45) is 0 Å². The van der Waals surface area contributed by atoms with E-state index in [-0.39, 0.29) is 18.4 Å². The molecule has 0 fully saturated rings. The molecule has 4 atom stereocenters. The summed E-state index contributed by atoms with van der Waals surface area (Å²) >= 11 is 0. The Hall–Kier alpha value is -1.38. The molecule has 0 aliphatic carbocycles. The fourth-order valence-electron chi connectivity index (χ4n) is 7.92. The first kappa shape index (κ1) is 58.6. The van der Waals surface area contributed by atoms with Crippen LogP contribution in [0.25, 0.3) is 0 Å². The van der Waals surface area contributed by atoms with Crippen molar-refractivity contribution in [3.05, 3.63) is 0 Å². The van der Waals surface area contributed by atoms with Gasteiger partial charge in [-0.2, -0.15) is 0 Å². The molecule has 0 spiro atoms. The van der Waals surface area contributed by atoms with E-state index in [1.807, 2.05) is 0 Å². The summed E-state index contributed by atoms with van der Waals surface area (Å²) in [5.41, 5.74) is 0. The van der Waals surface area contributed by atoms with Crippen molar-refractivity contribution in [3.8, 4) is 0 Å². The summed E-state index contributed by atoms with van der Waals surface area (Å²) in [6, 6.07) is 0. The maximum absolute atomic E-state index is 12.9. The molecule has 60 heavy (non-hydrogen) atoms. The van der Waals surface area contributed by atoms with Crippen molar-refractivity contribution in [1.82, 2.24) is 25.3 Å². The third-order valence-electron chi connectivity index (χ3n) is 11.5. The standard InChI is InChI=1S/C48H99N5O7/c1-5-8-11-14-17-20-26-44(56)40-52(39-43(4)55)33-23-31-49-47(59)29-36-51(35-25-38-54)37-30-48(60)50-32-24-34-53(41-45(57)27-21-18-15-12-9-6-2)42-46(58)28-22-19-16-13-10-7-3/h43-46,54-58H,5-42H2,1-4H3,(H,49,59)(H,50,60). The van der Waals surface area contributed by atoms with Crippen molar-refractivity contribution in [3.63, 3.8) is 0 Å². The predicted molar refractivity (Wildman–Crippen MR) is 249 cm³/mol. The van der Waals surface area contributed by atoms with E-state index in [0.717, 1.165) is 64.2 Å². The zero-order chi connectivity index (χ0) is 44.5. The number of nitrogens with one attached hydrogen (secondary N) is 2. The monoisotopic (exact) mass is 858 g/mol. The van der Waals surface area contributed by atoms with Gasteiger partial charge in [-0.05, 0) is 45.4 Å². The van der Waals surface area contributed by atoms with Gasteiger partial charge in [-0.3, -0.25) is 19.4 Å². The van der Waals surface area contributed by atoms with Crippen LogP contribution in [0.15, 0.2) is 0 Å². The quantitative estimate of drug-likeness (QED) is 0.0324. The fourth-order valence-corrected chi connectivity index (χ4v) is 7.92. The van der Waals surface area contributed by atoms with Crippen molar-refractivity contribution in [1.29, 1.82) is 0 Å². The number of unbranched alkanes of at least 4 members (excludes halogenated alkanes) is 15. The number of carbonyl (C=O) groups excluding carboxylic acids is 2. The molecule has 0 aliphatic rings. The van der Waals surface area contributed by atoms with Gasteiger partial charge in [0.2, 0.25) is 11.8 Å². The van der Waals surface area contributed by atoms with Crippen molar-refractivity contribution >= 4 is 11.8 Å². The van der Waals surface area contributed by atoms with Crippen molar-refractivity contribution in [2.75, 3.05) is 78.6 Å². The van der Waals surface area contributed by atoms with Crippen LogP contribution in [0.3, 0.4) is 0 Å². The highest BCUT2D eigenvalue weighted by Crippen LogP contribution is 2.13.